The number of fused-ring (bicyclic) bond motifs is 1. The molecular formula is C23H23BrN4O4. The lowest BCUT2D eigenvalue weighted by atomic mass is 10.2. The lowest BCUT2D eigenvalue weighted by Gasteiger charge is -2.27. The molecule has 2 amide bonds. The fourth-order valence-corrected chi connectivity index (χ4v) is 4.01. The quantitative estimate of drug-likeness (QED) is 0.418. The smallest absolute Gasteiger partial charge is 0.275 e. The van der Waals surface area contributed by atoms with Crippen molar-refractivity contribution in [2.45, 2.75) is 6.54 Å². The predicted molar refractivity (Wildman–Crippen MR) is 125 cm³/mol. The number of hydrazone groups is 1. The summed E-state index contributed by atoms with van der Waals surface area (Å²) in [6.45, 7) is 2.59. The van der Waals surface area contributed by atoms with E-state index in [1.165, 1.54) is 7.11 Å². The molecule has 1 aliphatic heterocycles. The van der Waals surface area contributed by atoms with Crippen molar-refractivity contribution in [3.05, 3.63) is 64.3 Å². The van der Waals surface area contributed by atoms with Crippen molar-refractivity contribution in [2.75, 3.05) is 33.4 Å². The number of halogens is 1. The van der Waals surface area contributed by atoms with E-state index in [0.29, 0.717) is 37.6 Å². The van der Waals surface area contributed by atoms with E-state index in [0.717, 1.165) is 20.9 Å². The van der Waals surface area contributed by atoms with Gasteiger partial charge in [0.25, 0.3) is 5.91 Å². The number of nitrogens with zero attached hydrogens (tertiary/aromatic N) is 3. The molecule has 2 aromatic carbocycles. The minimum Gasteiger partial charge on any atom is -0.496 e. The zero-order valence-corrected chi connectivity index (χ0v) is 19.2. The van der Waals surface area contributed by atoms with E-state index >= 15 is 0 Å². The van der Waals surface area contributed by atoms with Crippen LogP contribution in [0.25, 0.3) is 10.9 Å². The third kappa shape index (κ3) is 4.84. The number of para-hydroxylation sites is 1. The van der Waals surface area contributed by atoms with Crippen LogP contribution in [0.4, 0.5) is 0 Å². The zero-order chi connectivity index (χ0) is 22.5. The molecular weight excluding hydrogens is 476 g/mol. The Bertz CT molecular complexity index is 1170. The van der Waals surface area contributed by atoms with Gasteiger partial charge in [0.1, 0.15) is 12.3 Å². The molecule has 32 heavy (non-hydrogen) atoms. The van der Waals surface area contributed by atoms with Crippen molar-refractivity contribution in [2.24, 2.45) is 5.10 Å². The van der Waals surface area contributed by atoms with Crippen LogP contribution in [0.2, 0.25) is 0 Å². The van der Waals surface area contributed by atoms with Gasteiger partial charge >= 0.3 is 0 Å². The highest BCUT2D eigenvalue weighted by atomic mass is 79.9. The molecule has 166 valence electrons. The van der Waals surface area contributed by atoms with Gasteiger partial charge in [-0.05, 0) is 24.3 Å². The molecule has 0 spiro atoms. The lowest BCUT2D eigenvalue weighted by molar-refractivity contribution is -0.135. The van der Waals surface area contributed by atoms with Crippen molar-refractivity contribution >= 4 is 44.9 Å². The minimum absolute atomic E-state index is 0.0487. The number of hydrogen-bond acceptors (Lipinski definition) is 5. The number of rotatable bonds is 6. The van der Waals surface area contributed by atoms with E-state index in [9.17, 15) is 9.59 Å². The first-order valence-electron chi connectivity index (χ1n) is 10.2. The molecule has 0 bridgehead atoms. The Kier molecular flexibility index (Phi) is 6.87. The monoisotopic (exact) mass is 498 g/mol. The molecule has 0 aliphatic carbocycles. The van der Waals surface area contributed by atoms with Crippen LogP contribution in [-0.2, 0) is 16.1 Å². The molecule has 1 aromatic heterocycles. The van der Waals surface area contributed by atoms with Gasteiger partial charge < -0.3 is 18.9 Å². The Morgan fingerprint density at radius 2 is 2.00 bits per heavy atom. The summed E-state index contributed by atoms with van der Waals surface area (Å²) in [7, 11) is 1.51. The Balaban J connectivity index is 1.52. The summed E-state index contributed by atoms with van der Waals surface area (Å²) < 4.78 is 13.3. The maximum atomic E-state index is 12.7. The molecule has 1 aliphatic rings. The molecule has 8 nitrogen and oxygen atoms in total. The SMILES string of the molecule is COc1ccc(Br)cc1C(=O)N/N=C\c1cn(CC(=O)N2CCOCC2)c2ccccc12. The normalized spacial score (nSPS) is 14.1. The zero-order valence-electron chi connectivity index (χ0n) is 17.6. The second-order valence-electron chi connectivity index (χ2n) is 7.27. The van der Waals surface area contributed by atoms with E-state index in [1.54, 1.807) is 24.4 Å². The molecule has 2 heterocycles. The van der Waals surface area contributed by atoms with Gasteiger partial charge in [0.2, 0.25) is 5.91 Å². The Hall–Kier alpha value is -3.17. The third-order valence-corrected chi connectivity index (χ3v) is 5.76. The Morgan fingerprint density at radius 3 is 2.78 bits per heavy atom. The van der Waals surface area contributed by atoms with Gasteiger partial charge in [-0.1, -0.05) is 34.1 Å². The first-order chi connectivity index (χ1) is 15.6. The molecule has 9 heteroatoms. The number of aromatic nitrogens is 1. The van der Waals surface area contributed by atoms with E-state index in [4.69, 9.17) is 9.47 Å². The molecule has 1 saturated heterocycles. The largest absolute Gasteiger partial charge is 0.496 e. The number of nitrogens with one attached hydrogen (secondary N) is 1. The summed E-state index contributed by atoms with van der Waals surface area (Å²) in [6, 6.07) is 13.0. The molecule has 0 atom stereocenters. The minimum atomic E-state index is -0.384. The Morgan fingerprint density at radius 1 is 1.22 bits per heavy atom. The van der Waals surface area contributed by atoms with Gasteiger partial charge in [0.05, 0.1) is 32.1 Å². The second-order valence-corrected chi connectivity index (χ2v) is 8.18. The highest BCUT2D eigenvalue weighted by Crippen LogP contribution is 2.23. The lowest BCUT2D eigenvalue weighted by Crippen LogP contribution is -2.42. The molecule has 0 radical (unpaired) electrons. The molecule has 0 unspecified atom stereocenters. The van der Waals surface area contributed by atoms with Crippen LogP contribution in [0, 0.1) is 0 Å². The van der Waals surface area contributed by atoms with E-state index < -0.39 is 0 Å². The number of benzene rings is 2. The maximum absolute atomic E-state index is 12.7. The van der Waals surface area contributed by atoms with Crippen molar-refractivity contribution in [3.63, 3.8) is 0 Å². The number of hydrogen-bond donors (Lipinski definition) is 1. The molecule has 4 rings (SSSR count). The summed E-state index contributed by atoms with van der Waals surface area (Å²) in [5.74, 6) is 0.123. The van der Waals surface area contributed by atoms with Crippen LogP contribution in [0.5, 0.6) is 5.75 Å². The fraction of sp³-hybridized carbons (Fsp3) is 0.261. The van der Waals surface area contributed by atoms with E-state index in [1.807, 2.05) is 39.9 Å². The van der Waals surface area contributed by atoms with Crippen LogP contribution in [0.3, 0.4) is 0 Å². The topological polar surface area (TPSA) is 85.2 Å². The summed E-state index contributed by atoms with van der Waals surface area (Å²) in [4.78, 5) is 27.1. The summed E-state index contributed by atoms with van der Waals surface area (Å²) >= 11 is 3.36. The summed E-state index contributed by atoms with van der Waals surface area (Å²) in [5, 5.41) is 5.08. The predicted octanol–water partition coefficient (Wildman–Crippen LogP) is 3.04. The second kappa shape index (κ2) is 9.97. The van der Waals surface area contributed by atoms with E-state index in [2.05, 4.69) is 26.5 Å². The number of carbonyl (C=O) groups excluding carboxylic acids is 2. The average Bonchev–Trinajstić information content (AvgIpc) is 3.17. The number of ether oxygens (including phenoxy) is 2. The number of amides is 2. The number of carbonyl (C=O) groups is 2. The van der Waals surface area contributed by atoms with Crippen LogP contribution in [0.15, 0.2) is 58.2 Å². The summed E-state index contributed by atoms with van der Waals surface area (Å²) in [5.41, 5.74) is 4.65. The number of methoxy groups -OCH3 is 1. The Labute approximate surface area is 193 Å². The average molecular weight is 499 g/mol. The van der Waals surface area contributed by atoms with E-state index in [-0.39, 0.29) is 18.4 Å². The van der Waals surface area contributed by atoms with Gasteiger partial charge in [-0.2, -0.15) is 5.10 Å². The molecule has 0 saturated carbocycles. The van der Waals surface area contributed by atoms with Gasteiger partial charge in [0, 0.05) is 40.2 Å². The summed E-state index contributed by atoms with van der Waals surface area (Å²) in [6.07, 6.45) is 3.46. The van der Waals surface area contributed by atoms with Gasteiger partial charge in [0.15, 0.2) is 0 Å². The highest BCUT2D eigenvalue weighted by molar-refractivity contribution is 9.10. The molecule has 3 aromatic rings. The van der Waals surface area contributed by atoms with Crippen LogP contribution >= 0.6 is 15.9 Å². The van der Waals surface area contributed by atoms with Crippen molar-refractivity contribution in [1.82, 2.24) is 14.9 Å². The van der Waals surface area contributed by atoms with Gasteiger partial charge in [-0.25, -0.2) is 5.43 Å². The van der Waals surface area contributed by atoms with Crippen molar-refractivity contribution in [1.29, 1.82) is 0 Å². The highest BCUT2D eigenvalue weighted by Gasteiger charge is 2.18. The molecule has 1 N–H and O–H groups in total. The first kappa shape index (κ1) is 22.0. The van der Waals surface area contributed by atoms with Gasteiger partial charge in [-0.3, -0.25) is 9.59 Å². The van der Waals surface area contributed by atoms with Crippen LogP contribution in [0.1, 0.15) is 15.9 Å². The standard InChI is InChI=1S/C23H23BrN4O4/c1-31-21-7-6-17(24)12-19(21)23(30)26-25-13-16-14-28(20-5-3-2-4-18(16)20)15-22(29)27-8-10-32-11-9-27/h2-7,12-14H,8-11,15H2,1H3,(H,26,30)/b25-13-. The fourth-order valence-electron chi connectivity index (χ4n) is 3.65. The van der Waals surface area contributed by atoms with Crippen molar-refractivity contribution < 1.29 is 19.1 Å². The van der Waals surface area contributed by atoms with Crippen molar-refractivity contribution in [3.8, 4) is 5.75 Å². The first-order valence-corrected chi connectivity index (χ1v) is 11.0. The number of morpholine rings is 1. The third-order valence-electron chi connectivity index (χ3n) is 5.26. The molecule has 1 fully saturated rings. The van der Waals surface area contributed by atoms with Crippen LogP contribution in [-0.4, -0.2) is 60.9 Å². The van der Waals surface area contributed by atoms with Crippen LogP contribution < -0.4 is 10.2 Å². The maximum Gasteiger partial charge on any atom is 0.275 e. The van der Waals surface area contributed by atoms with Gasteiger partial charge in [-0.15, -0.1) is 0 Å².